The van der Waals surface area contributed by atoms with Crippen molar-refractivity contribution in [1.82, 2.24) is 9.73 Å². The number of aromatic carboxylic acids is 1. The molecule has 182 valence electrons. The minimum Gasteiger partial charge on any atom is -0.478 e. The fraction of sp³-hybridized carbons (Fsp3) is 0.125. The number of benzene rings is 3. The van der Waals surface area contributed by atoms with E-state index in [2.05, 4.69) is 10.5 Å². The van der Waals surface area contributed by atoms with Gasteiger partial charge in [0.1, 0.15) is 4.90 Å². The summed E-state index contributed by atoms with van der Waals surface area (Å²) < 4.78 is 27.7. The van der Waals surface area contributed by atoms with Crippen molar-refractivity contribution in [3.05, 3.63) is 99.5 Å². The highest BCUT2D eigenvalue weighted by molar-refractivity contribution is 7.89. The van der Waals surface area contributed by atoms with Crippen molar-refractivity contribution in [2.75, 3.05) is 13.1 Å². The van der Waals surface area contributed by atoms with E-state index in [1.807, 2.05) is 30.3 Å². The first-order chi connectivity index (χ1) is 16.7. The maximum absolute atomic E-state index is 13.4. The Morgan fingerprint density at radius 3 is 2.40 bits per heavy atom. The van der Waals surface area contributed by atoms with E-state index in [-0.39, 0.29) is 32.6 Å². The van der Waals surface area contributed by atoms with Gasteiger partial charge in [-0.3, -0.25) is 4.79 Å². The van der Waals surface area contributed by atoms with Crippen molar-refractivity contribution < 1.29 is 23.1 Å². The van der Waals surface area contributed by atoms with E-state index < -0.39 is 28.4 Å². The monoisotopic (exact) mass is 533 g/mol. The molecule has 0 aliphatic carbocycles. The number of hydrazone groups is 1. The van der Waals surface area contributed by atoms with Gasteiger partial charge in [-0.15, -0.1) is 0 Å². The van der Waals surface area contributed by atoms with Crippen LogP contribution in [-0.4, -0.2) is 49.0 Å². The highest BCUT2D eigenvalue weighted by atomic mass is 35.5. The van der Waals surface area contributed by atoms with Gasteiger partial charge in [-0.2, -0.15) is 9.41 Å². The van der Waals surface area contributed by atoms with Gasteiger partial charge in [-0.05, 0) is 36.2 Å². The second-order valence-corrected chi connectivity index (χ2v) is 10.1. The van der Waals surface area contributed by atoms with Crippen LogP contribution in [-0.2, 0) is 21.2 Å². The molecular weight excluding hydrogens is 513 g/mol. The summed E-state index contributed by atoms with van der Waals surface area (Å²) in [4.78, 5) is 23.7. The normalized spacial score (nSPS) is 11.6. The first-order valence-electron chi connectivity index (χ1n) is 10.3. The van der Waals surface area contributed by atoms with Gasteiger partial charge < -0.3 is 5.11 Å². The lowest BCUT2D eigenvalue weighted by Crippen LogP contribution is -2.40. The summed E-state index contributed by atoms with van der Waals surface area (Å²) in [5.41, 5.74) is 3.42. The van der Waals surface area contributed by atoms with Gasteiger partial charge in [0.2, 0.25) is 10.0 Å². The van der Waals surface area contributed by atoms with Crippen molar-refractivity contribution in [1.29, 1.82) is 0 Å². The molecular formula is C24H21Cl2N3O5S. The van der Waals surface area contributed by atoms with E-state index in [0.717, 1.165) is 9.87 Å². The van der Waals surface area contributed by atoms with Gasteiger partial charge in [0.25, 0.3) is 5.91 Å². The molecule has 35 heavy (non-hydrogen) atoms. The van der Waals surface area contributed by atoms with E-state index in [1.165, 1.54) is 36.5 Å². The molecule has 0 unspecified atom stereocenters. The molecule has 0 radical (unpaired) electrons. The molecule has 0 aliphatic heterocycles. The Balaban J connectivity index is 1.80. The lowest BCUT2D eigenvalue weighted by atomic mass is 10.1. The highest BCUT2D eigenvalue weighted by Crippen LogP contribution is 2.28. The third-order valence-corrected chi connectivity index (χ3v) is 7.47. The molecule has 11 heteroatoms. The number of rotatable bonds is 10. The average molecular weight is 534 g/mol. The summed E-state index contributed by atoms with van der Waals surface area (Å²) >= 11 is 12.1. The lowest BCUT2D eigenvalue weighted by molar-refractivity contribution is -0.121. The van der Waals surface area contributed by atoms with E-state index in [1.54, 1.807) is 12.1 Å². The predicted octanol–water partition coefficient (Wildman–Crippen LogP) is 4.08. The molecule has 3 aromatic rings. The zero-order valence-electron chi connectivity index (χ0n) is 18.3. The lowest BCUT2D eigenvalue weighted by Gasteiger charge is -2.22. The molecule has 0 aliphatic rings. The van der Waals surface area contributed by atoms with Crippen LogP contribution in [0.5, 0.6) is 0 Å². The summed E-state index contributed by atoms with van der Waals surface area (Å²) in [6.45, 7) is -0.551. The first-order valence-corrected chi connectivity index (χ1v) is 12.5. The summed E-state index contributed by atoms with van der Waals surface area (Å²) in [6, 6.07) is 19.4. The Morgan fingerprint density at radius 1 is 1.00 bits per heavy atom. The summed E-state index contributed by atoms with van der Waals surface area (Å²) in [5, 5.41) is 13.2. The first kappa shape index (κ1) is 26.4. The number of amides is 1. The van der Waals surface area contributed by atoms with Crippen LogP contribution in [0.3, 0.4) is 0 Å². The number of carbonyl (C=O) groups is 2. The Morgan fingerprint density at radius 2 is 1.69 bits per heavy atom. The minimum absolute atomic E-state index is 0.00578. The quantitative estimate of drug-likeness (QED) is 0.301. The maximum Gasteiger partial charge on any atom is 0.336 e. The van der Waals surface area contributed by atoms with Gasteiger partial charge in [0.05, 0.1) is 23.3 Å². The van der Waals surface area contributed by atoms with Crippen LogP contribution >= 0.6 is 23.2 Å². The number of hydrogen-bond donors (Lipinski definition) is 2. The highest BCUT2D eigenvalue weighted by Gasteiger charge is 2.29. The number of nitrogens with zero attached hydrogens (tertiary/aromatic N) is 2. The van der Waals surface area contributed by atoms with Crippen LogP contribution < -0.4 is 5.43 Å². The van der Waals surface area contributed by atoms with Crippen LogP contribution in [0.25, 0.3) is 0 Å². The van der Waals surface area contributed by atoms with Gasteiger partial charge in [0, 0.05) is 17.1 Å². The topological polar surface area (TPSA) is 116 Å². The molecule has 0 atom stereocenters. The maximum atomic E-state index is 13.4. The van der Waals surface area contributed by atoms with Gasteiger partial charge in [-0.1, -0.05) is 71.7 Å². The molecule has 3 aromatic carbocycles. The van der Waals surface area contributed by atoms with Crippen molar-refractivity contribution in [2.45, 2.75) is 11.3 Å². The zero-order valence-corrected chi connectivity index (χ0v) is 20.6. The molecule has 0 spiro atoms. The number of halogens is 2. The molecule has 3 rings (SSSR count). The third-order valence-electron chi connectivity index (χ3n) is 4.91. The Bertz CT molecular complexity index is 1350. The standard InChI is InChI=1S/C24H21Cl2N3O5S/c25-19-10-11-21(26)22(14-19)35(33,34)29(13-12-17-6-2-1-3-7-17)16-23(30)28-27-15-18-8-4-5-9-20(18)24(31)32/h1-11,14-15H,12-13,16H2,(H,28,30)(H,31,32)/b27-15-. The largest absolute Gasteiger partial charge is 0.478 e. The summed E-state index contributed by atoms with van der Waals surface area (Å²) in [5.74, 6) is -1.86. The molecule has 0 bridgehead atoms. The van der Waals surface area contributed by atoms with Crippen molar-refractivity contribution in [3.63, 3.8) is 0 Å². The van der Waals surface area contributed by atoms with Crippen LogP contribution in [0, 0.1) is 0 Å². The fourth-order valence-corrected chi connectivity index (χ4v) is 5.30. The molecule has 0 fully saturated rings. The SMILES string of the molecule is O=C(CN(CCc1ccccc1)S(=O)(=O)c1cc(Cl)ccc1Cl)N/N=C\c1ccccc1C(=O)O. The molecule has 1 amide bonds. The molecule has 8 nitrogen and oxygen atoms in total. The van der Waals surface area contributed by atoms with Crippen LogP contribution in [0.1, 0.15) is 21.5 Å². The Kier molecular flexibility index (Phi) is 9.00. The zero-order chi connectivity index (χ0) is 25.4. The second-order valence-electron chi connectivity index (χ2n) is 7.33. The van der Waals surface area contributed by atoms with Crippen LogP contribution in [0.2, 0.25) is 10.0 Å². The van der Waals surface area contributed by atoms with Crippen molar-refractivity contribution >= 4 is 51.3 Å². The second kappa shape index (κ2) is 11.9. The minimum atomic E-state index is -4.19. The smallest absolute Gasteiger partial charge is 0.336 e. The van der Waals surface area contributed by atoms with Crippen LogP contribution in [0.4, 0.5) is 0 Å². The van der Waals surface area contributed by atoms with E-state index in [9.17, 15) is 23.1 Å². The van der Waals surface area contributed by atoms with Gasteiger partial charge in [-0.25, -0.2) is 18.6 Å². The van der Waals surface area contributed by atoms with Gasteiger partial charge in [0.15, 0.2) is 0 Å². The number of sulfonamides is 1. The van der Waals surface area contributed by atoms with Crippen LogP contribution in [0.15, 0.2) is 82.8 Å². The summed E-state index contributed by atoms with van der Waals surface area (Å²) in [7, 11) is -4.19. The fourth-order valence-electron chi connectivity index (χ4n) is 3.17. The molecule has 0 saturated carbocycles. The van der Waals surface area contributed by atoms with Crippen molar-refractivity contribution in [2.24, 2.45) is 5.10 Å². The molecule has 0 heterocycles. The van der Waals surface area contributed by atoms with E-state index in [4.69, 9.17) is 23.2 Å². The number of nitrogens with one attached hydrogen (secondary N) is 1. The van der Waals surface area contributed by atoms with Crippen molar-refractivity contribution in [3.8, 4) is 0 Å². The number of hydrogen-bond acceptors (Lipinski definition) is 5. The molecule has 2 N–H and O–H groups in total. The molecule has 0 aromatic heterocycles. The van der Waals surface area contributed by atoms with E-state index >= 15 is 0 Å². The third kappa shape index (κ3) is 7.12. The Hall–Kier alpha value is -3.24. The van der Waals surface area contributed by atoms with Gasteiger partial charge >= 0.3 is 5.97 Å². The number of carboxylic acid groups (broad SMARTS) is 1. The Labute approximate surface area is 212 Å². The number of carboxylic acids is 1. The predicted molar refractivity (Wildman–Crippen MR) is 135 cm³/mol. The number of carbonyl (C=O) groups excluding carboxylic acids is 1. The molecule has 0 saturated heterocycles. The average Bonchev–Trinajstić information content (AvgIpc) is 2.84. The summed E-state index contributed by atoms with van der Waals surface area (Å²) in [6.07, 6.45) is 1.53. The van der Waals surface area contributed by atoms with E-state index in [0.29, 0.717) is 6.42 Å².